The van der Waals surface area contributed by atoms with Gasteiger partial charge in [-0.15, -0.1) is 0 Å². The third-order valence-corrected chi connectivity index (χ3v) is 2.13. The Morgan fingerprint density at radius 3 is 2.55 bits per heavy atom. The molecular weight excluding hydrogens is 305 g/mol. The van der Waals surface area contributed by atoms with E-state index in [1.165, 1.54) is 0 Å². The second-order valence-electron chi connectivity index (χ2n) is 3.43. The van der Waals surface area contributed by atoms with Crippen LogP contribution in [0.2, 0.25) is 5.02 Å². The van der Waals surface area contributed by atoms with Crippen molar-refractivity contribution in [3.63, 3.8) is 0 Å². The highest BCUT2D eigenvalue weighted by Crippen LogP contribution is 2.36. The summed E-state index contributed by atoms with van der Waals surface area (Å²) in [6, 6.07) is 1.61. The number of aliphatic carboxylic acids is 1. The molecular formula is C10H8ClF3N2O4. The van der Waals surface area contributed by atoms with Crippen LogP contribution in [0, 0.1) is 0 Å². The van der Waals surface area contributed by atoms with Gasteiger partial charge in [0.05, 0.1) is 11.3 Å². The zero-order valence-electron chi connectivity index (χ0n) is 9.62. The van der Waals surface area contributed by atoms with Crippen LogP contribution in [0.15, 0.2) is 18.2 Å². The fourth-order valence-electron chi connectivity index (χ4n) is 1.17. The van der Waals surface area contributed by atoms with Gasteiger partial charge in [-0.3, -0.25) is 4.84 Å². The number of anilines is 1. The lowest BCUT2D eigenvalue weighted by atomic mass is 10.1. The number of hydrogen-bond acceptors (Lipinski definition) is 3. The average molecular weight is 313 g/mol. The first-order chi connectivity index (χ1) is 9.20. The molecule has 0 heterocycles. The first-order valence-electron chi connectivity index (χ1n) is 4.97. The molecule has 20 heavy (non-hydrogen) atoms. The summed E-state index contributed by atoms with van der Waals surface area (Å²) in [5.41, 5.74) is -0.0591. The highest BCUT2D eigenvalue weighted by molar-refractivity contribution is 6.30. The first kappa shape index (κ1) is 16.1. The number of amides is 2. The first-order valence-corrected chi connectivity index (χ1v) is 5.35. The molecule has 0 saturated carbocycles. The molecule has 0 spiro atoms. The molecule has 2 amide bonds. The van der Waals surface area contributed by atoms with Crippen molar-refractivity contribution in [3.8, 4) is 0 Å². The standard InChI is InChI=1S/C10H8ClF3N2O4/c11-5-1-2-7(6(3-5)10(12,13)14)15-9(19)16-20-4-8(17)18/h1-3H,4H2,(H,17,18)(H2,15,16,19). The SMILES string of the molecule is O=C(O)CONC(=O)Nc1ccc(Cl)cc1C(F)(F)F. The van der Waals surface area contributed by atoms with E-state index >= 15 is 0 Å². The van der Waals surface area contributed by atoms with Crippen molar-refractivity contribution in [2.45, 2.75) is 6.18 Å². The molecule has 3 N–H and O–H groups in total. The Morgan fingerprint density at radius 1 is 1.35 bits per heavy atom. The molecule has 0 atom stereocenters. The minimum Gasteiger partial charge on any atom is -0.479 e. The molecule has 0 aliphatic carbocycles. The Balaban J connectivity index is 2.77. The number of carbonyl (C=O) groups excluding carboxylic acids is 1. The molecule has 110 valence electrons. The van der Waals surface area contributed by atoms with Gasteiger partial charge in [-0.1, -0.05) is 11.6 Å². The number of carbonyl (C=O) groups is 2. The largest absolute Gasteiger partial charge is 0.479 e. The summed E-state index contributed by atoms with van der Waals surface area (Å²) in [6.07, 6.45) is -4.71. The fraction of sp³-hybridized carbons (Fsp3) is 0.200. The van der Waals surface area contributed by atoms with Gasteiger partial charge in [-0.05, 0) is 18.2 Å². The summed E-state index contributed by atoms with van der Waals surface area (Å²) in [4.78, 5) is 25.5. The van der Waals surface area contributed by atoms with Gasteiger partial charge < -0.3 is 10.4 Å². The van der Waals surface area contributed by atoms with Crippen LogP contribution in [0.25, 0.3) is 0 Å². The molecule has 0 aliphatic heterocycles. The van der Waals surface area contributed by atoms with Gasteiger partial charge in [0.15, 0.2) is 6.61 Å². The van der Waals surface area contributed by atoms with Crippen LogP contribution in [-0.2, 0) is 15.8 Å². The molecule has 0 unspecified atom stereocenters. The van der Waals surface area contributed by atoms with E-state index in [1.807, 2.05) is 5.32 Å². The van der Waals surface area contributed by atoms with Crippen LogP contribution in [0.4, 0.5) is 23.7 Å². The number of urea groups is 1. The maximum atomic E-state index is 12.7. The average Bonchev–Trinajstić information content (AvgIpc) is 2.29. The van der Waals surface area contributed by atoms with Gasteiger partial charge in [0.25, 0.3) is 0 Å². The number of rotatable bonds is 4. The fourth-order valence-corrected chi connectivity index (χ4v) is 1.34. The van der Waals surface area contributed by atoms with Crippen LogP contribution < -0.4 is 10.8 Å². The molecule has 0 saturated heterocycles. The zero-order valence-corrected chi connectivity index (χ0v) is 10.4. The number of halogens is 4. The van der Waals surface area contributed by atoms with Crippen LogP contribution in [0.5, 0.6) is 0 Å². The van der Waals surface area contributed by atoms with E-state index in [0.29, 0.717) is 6.07 Å². The summed E-state index contributed by atoms with van der Waals surface area (Å²) in [6.45, 7) is -0.833. The molecule has 0 bridgehead atoms. The lowest BCUT2D eigenvalue weighted by Crippen LogP contribution is -2.31. The van der Waals surface area contributed by atoms with E-state index in [-0.39, 0.29) is 5.02 Å². The summed E-state index contributed by atoms with van der Waals surface area (Å²) in [7, 11) is 0. The number of nitrogens with one attached hydrogen (secondary N) is 2. The van der Waals surface area contributed by atoms with Crippen molar-refractivity contribution in [3.05, 3.63) is 28.8 Å². The normalized spacial score (nSPS) is 11.0. The van der Waals surface area contributed by atoms with Crippen molar-refractivity contribution in [1.82, 2.24) is 5.48 Å². The van der Waals surface area contributed by atoms with Crippen molar-refractivity contribution < 1.29 is 32.7 Å². The monoisotopic (exact) mass is 312 g/mol. The predicted molar refractivity (Wildman–Crippen MR) is 62.2 cm³/mol. The topological polar surface area (TPSA) is 87.7 Å². The molecule has 1 aromatic carbocycles. The molecule has 1 aromatic rings. The molecule has 6 nitrogen and oxygen atoms in total. The number of hydrogen-bond donors (Lipinski definition) is 3. The lowest BCUT2D eigenvalue weighted by molar-refractivity contribution is -0.144. The Labute approximate surface area is 115 Å². The van der Waals surface area contributed by atoms with Gasteiger partial charge in [0.1, 0.15) is 0 Å². The van der Waals surface area contributed by atoms with E-state index in [1.54, 1.807) is 5.48 Å². The van der Waals surface area contributed by atoms with Crippen LogP contribution in [-0.4, -0.2) is 23.7 Å². The number of benzene rings is 1. The highest BCUT2D eigenvalue weighted by Gasteiger charge is 2.34. The highest BCUT2D eigenvalue weighted by atomic mass is 35.5. The van der Waals surface area contributed by atoms with Crippen molar-refractivity contribution in [1.29, 1.82) is 0 Å². The number of alkyl halides is 3. The van der Waals surface area contributed by atoms with Crippen molar-refractivity contribution in [2.75, 3.05) is 11.9 Å². The molecule has 0 radical (unpaired) electrons. The van der Waals surface area contributed by atoms with E-state index < -0.39 is 36.0 Å². The van der Waals surface area contributed by atoms with E-state index in [0.717, 1.165) is 12.1 Å². The minimum atomic E-state index is -4.71. The summed E-state index contributed by atoms with van der Waals surface area (Å²) < 4.78 is 38.1. The van der Waals surface area contributed by atoms with Gasteiger partial charge in [0, 0.05) is 5.02 Å². The predicted octanol–water partition coefficient (Wildman–Crippen LogP) is 2.50. The minimum absolute atomic E-state index is 0.148. The number of hydroxylamine groups is 1. The smallest absolute Gasteiger partial charge is 0.418 e. The van der Waals surface area contributed by atoms with Gasteiger partial charge >= 0.3 is 18.2 Å². The van der Waals surface area contributed by atoms with E-state index in [2.05, 4.69) is 4.84 Å². The zero-order chi connectivity index (χ0) is 15.3. The van der Waals surface area contributed by atoms with Crippen molar-refractivity contribution >= 4 is 29.3 Å². The van der Waals surface area contributed by atoms with Gasteiger partial charge in [-0.25, -0.2) is 15.1 Å². The Hall–Kier alpha value is -2.00. The van der Waals surface area contributed by atoms with Crippen LogP contribution >= 0.6 is 11.6 Å². The third kappa shape index (κ3) is 4.94. The maximum absolute atomic E-state index is 12.7. The summed E-state index contributed by atoms with van der Waals surface area (Å²) >= 11 is 5.46. The molecule has 0 aliphatic rings. The summed E-state index contributed by atoms with van der Waals surface area (Å²) in [5.74, 6) is -1.35. The van der Waals surface area contributed by atoms with Gasteiger partial charge in [-0.2, -0.15) is 13.2 Å². The molecule has 0 aromatic heterocycles. The maximum Gasteiger partial charge on any atom is 0.418 e. The van der Waals surface area contributed by atoms with Crippen LogP contribution in [0.3, 0.4) is 0 Å². The van der Waals surface area contributed by atoms with Crippen LogP contribution in [0.1, 0.15) is 5.56 Å². The second-order valence-corrected chi connectivity index (χ2v) is 3.86. The quantitative estimate of drug-likeness (QED) is 0.745. The van der Waals surface area contributed by atoms with E-state index in [4.69, 9.17) is 16.7 Å². The van der Waals surface area contributed by atoms with Gasteiger partial charge in [0.2, 0.25) is 0 Å². The lowest BCUT2D eigenvalue weighted by Gasteiger charge is -2.14. The molecule has 10 heteroatoms. The Bertz CT molecular complexity index is 522. The second kappa shape index (κ2) is 6.44. The summed E-state index contributed by atoms with van der Waals surface area (Å²) in [5, 5.41) is 9.96. The van der Waals surface area contributed by atoms with E-state index in [9.17, 15) is 22.8 Å². The van der Waals surface area contributed by atoms with Crippen molar-refractivity contribution in [2.24, 2.45) is 0 Å². The number of carboxylic acids is 1. The molecule has 1 rings (SSSR count). The Kier molecular flexibility index (Phi) is 5.17. The number of carboxylic acid groups (broad SMARTS) is 1. The Morgan fingerprint density at radius 2 is 2.00 bits per heavy atom. The molecule has 0 fully saturated rings. The third-order valence-electron chi connectivity index (χ3n) is 1.90.